The van der Waals surface area contributed by atoms with Crippen molar-refractivity contribution in [3.05, 3.63) is 47.0 Å². The summed E-state index contributed by atoms with van der Waals surface area (Å²) in [5.41, 5.74) is 4.56. The number of rotatable bonds is 2. The Morgan fingerprint density at radius 1 is 1.28 bits per heavy atom. The molecule has 0 radical (unpaired) electrons. The lowest BCUT2D eigenvalue weighted by molar-refractivity contribution is 0.218. The maximum Gasteiger partial charge on any atom is 0.0568 e. The first kappa shape index (κ1) is 11.7. The Bertz CT molecular complexity index is 488. The quantitative estimate of drug-likeness (QED) is 0.776. The van der Waals surface area contributed by atoms with Gasteiger partial charge in [0.05, 0.1) is 6.04 Å². The van der Waals surface area contributed by atoms with Crippen molar-refractivity contribution in [1.82, 2.24) is 4.90 Å². The van der Waals surface area contributed by atoms with Crippen LogP contribution in [0.25, 0.3) is 0 Å². The Hall–Kier alpha value is -1.41. The lowest BCUT2D eigenvalue weighted by Gasteiger charge is -2.38. The highest BCUT2D eigenvalue weighted by molar-refractivity contribution is 5.73. The van der Waals surface area contributed by atoms with E-state index in [1.54, 1.807) is 0 Å². The predicted octanol–water partition coefficient (Wildman–Crippen LogP) is 3.01. The van der Waals surface area contributed by atoms with Gasteiger partial charge in [-0.15, -0.1) is 0 Å². The first-order chi connectivity index (χ1) is 8.90. The monoisotopic (exact) mass is 240 g/mol. The molecule has 0 N–H and O–H groups in total. The Labute approximate surface area is 109 Å². The molecule has 2 heterocycles. The normalized spacial score (nSPS) is 23.6. The summed E-state index contributed by atoms with van der Waals surface area (Å²) in [7, 11) is 0. The van der Waals surface area contributed by atoms with Crippen LogP contribution in [0.15, 0.2) is 40.9 Å². The maximum atomic E-state index is 4.31. The molecule has 18 heavy (non-hydrogen) atoms. The van der Waals surface area contributed by atoms with Gasteiger partial charge in [-0.1, -0.05) is 31.2 Å². The van der Waals surface area contributed by atoms with Gasteiger partial charge in [0, 0.05) is 19.3 Å². The van der Waals surface area contributed by atoms with E-state index < -0.39 is 0 Å². The molecule has 2 aliphatic rings. The second kappa shape index (κ2) is 5.07. The van der Waals surface area contributed by atoms with Gasteiger partial charge in [0.25, 0.3) is 0 Å². The van der Waals surface area contributed by atoms with Crippen LogP contribution in [-0.2, 0) is 6.42 Å². The van der Waals surface area contributed by atoms with E-state index in [9.17, 15) is 0 Å². The fourth-order valence-electron chi connectivity index (χ4n) is 3.12. The van der Waals surface area contributed by atoms with Gasteiger partial charge in [0.1, 0.15) is 0 Å². The number of allylic oxidation sites excluding steroid dienone is 1. The van der Waals surface area contributed by atoms with E-state index in [1.165, 1.54) is 29.7 Å². The molecule has 2 aliphatic heterocycles. The average molecular weight is 240 g/mol. The minimum atomic E-state index is 0.478. The zero-order valence-electron chi connectivity index (χ0n) is 11.0. The van der Waals surface area contributed by atoms with Gasteiger partial charge in [-0.3, -0.25) is 9.89 Å². The molecule has 0 fully saturated rings. The van der Waals surface area contributed by atoms with Crippen LogP contribution >= 0.6 is 0 Å². The third-order valence-electron chi connectivity index (χ3n) is 4.06. The summed E-state index contributed by atoms with van der Waals surface area (Å²) in [4.78, 5) is 6.90. The van der Waals surface area contributed by atoms with Crippen LogP contribution in [0.1, 0.15) is 30.5 Å². The molecule has 1 aromatic carbocycles. The van der Waals surface area contributed by atoms with Crippen molar-refractivity contribution in [2.45, 2.75) is 25.8 Å². The van der Waals surface area contributed by atoms with Crippen molar-refractivity contribution in [2.75, 3.05) is 19.6 Å². The smallest absolute Gasteiger partial charge is 0.0568 e. The van der Waals surface area contributed by atoms with E-state index in [-0.39, 0.29) is 0 Å². The van der Waals surface area contributed by atoms with E-state index in [4.69, 9.17) is 0 Å². The lowest BCUT2D eigenvalue weighted by Crippen LogP contribution is -2.36. The molecular formula is C16H20N2. The summed E-state index contributed by atoms with van der Waals surface area (Å²) in [5.74, 6) is 0. The highest BCUT2D eigenvalue weighted by Crippen LogP contribution is 2.36. The number of hydrogen-bond acceptors (Lipinski definition) is 2. The summed E-state index contributed by atoms with van der Waals surface area (Å²) >= 11 is 0. The molecule has 0 aromatic heterocycles. The number of aliphatic imine (C=N–C) groups is 1. The molecule has 1 unspecified atom stereocenters. The zero-order chi connectivity index (χ0) is 12.4. The largest absolute Gasteiger partial charge is 0.293 e. The SMILES string of the molecule is CCN1CCc2ccccc2C1C1=CC=NCC1. The number of likely N-dealkylation sites (N-methyl/N-ethyl adjacent to an activating group) is 1. The van der Waals surface area contributed by atoms with Gasteiger partial charge < -0.3 is 0 Å². The van der Waals surface area contributed by atoms with E-state index in [2.05, 4.69) is 47.2 Å². The number of dihydropyridines is 1. The third kappa shape index (κ3) is 2.01. The molecule has 0 saturated carbocycles. The fraction of sp³-hybridized carbons (Fsp3) is 0.438. The Morgan fingerprint density at radius 2 is 2.17 bits per heavy atom. The van der Waals surface area contributed by atoms with Crippen molar-refractivity contribution in [2.24, 2.45) is 4.99 Å². The fourth-order valence-corrected chi connectivity index (χ4v) is 3.12. The molecule has 0 amide bonds. The molecule has 0 bridgehead atoms. The highest BCUT2D eigenvalue weighted by atomic mass is 15.2. The van der Waals surface area contributed by atoms with Crippen molar-refractivity contribution in [1.29, 1.82) is 0 Å². The van der Waals surface area contributed by atoms with E-state index in [0.717, 1.165) is 19.5 Å². The Morgan fingerprint density at radius 3 is 2.94 bits per heavy atom. The maximum absolute atomic E-state index is 4.31. The highest BCUT2D eigenvalue weighted by Gasteiger charge is 2.28. The third-order valence-corrected chi connectivity index (χ3v) is 4.06. The number of hydrogen-bond donors (Lipinski definition) is 0. The first-order valence-electron chi connectivity index (χ1n) is 6.91. The lowest BCUT2D eigenvalue weighted by atomic mass is 9.86. The van der Waals surface area contributed by atoms with E-state index >= 15 is 0 Å². The second-order valence-corrected chi connectivity index (χ2v) is 5.03. The Balaban J connectivity index is 2.03. The van der Waals surface area contributed by atoms with Crippen molar-refractivity contribution in [3.8, 4) is 0 Å². The van der Waals surface area contributed by atoms with Gasteiger partial charge >= 0.3 is 0 Å². The van der Waals surface area contributed by atoms with Gasteiger partial charge in [-0.25, -0.2) is 0 Å². The summed E-state index contributed by atoms with van der Waals surface area (Å²) in [6.07, 6.45) is 6.48. The summed E-state index contributed by atoms with van der Waals surface area (Å²) < 4.78 is 0. The summed E-state index contributed by atoms with van der Waals surface area (Å²) in [6, 6.07) is 9.39. The minimum absolute atomic E-state index is 0.478. The molecule has 0 aliphatic carbocycles. The van der Waals surface area contributed by atoms with Crippen LogP contribution in [0.4, 0.5) is 0 Å². The average Bonchev–Trinajstić information content (AvgIpc) is 2.47. The van der Waals surface area contributed by atoms with Gasteiger partial charge in [-0.2, -0.15) is 0 Å². The second-order valence-electron chi connectivity index (χ2n) is 5.03. The summed E-state index contributed by atoms with van der Waals surface area (Å²) in [6.45, 7) is 5.50. The molecule has 1 aromatic rings. The van der Waals surface area contributed by atoms with Crippen LogP contribution in [0, 0.1) is 0 Å². The van der Waals surface area contributed by atoms with Crippen molar-refractivity contribution in [3.63, 3.8) is 0 Å². The molecule has 0 spiro atoms. The molecule has 1 atom stereocenters. The summed E-state index contributed by atoms with van der Waals surface area (Å²) in [5, 5.41) is 0. The molecule has 3 rings (SSSR count). The minimum Gasteiger partial charge on any atom is -0.293 e. The first-order valence-corrected chi connectivity index (χ1v) is 6.91. The van der Waals surface area contributed by atoms with Gasteiger partial charge in [-0.05, 0) is 42.2 Å². The number of fused-ring (bicyclic) bond motifs is 1. The molecule has 94 valence electrons. The van der Waals surface area contributed by atoms with E-state index in [1.807, 2.05) is 6.21 Å². The molecule has 0 saturated heterocycles. The topological polar surface area (TPSA) is 15.6 Å². The molecular weight excluding hydrogens is 220 g/mol. The van der Waals surface area contributed by atoms with Gasteiger partial charge in [0.2, 0.25) is 0 Å². The van der Waals surface area contributed by atoms with Crippen LogP contribution < -0.4 is 0 Å². The Kier molecular flexibility index (Phi) is 3.28. The van der Waals surface area contributed by atoms with Gasteiger partial charge in [0.15, 0.2) is 0 Å². The predicted molar refractivity (Wildman–Crippen MR) is 76.2 cm³/mol. The van der Waals surface area contributed by atoms with Crippen molar-refractivity contribution < 1.29 is 0 Å². The van der Waals surface area contributed by atoms with E-state index in [0.29, 0.717) is 6.04 Å². The number of nitrogens with zero attached hydrogens (tertiary/aromatic N) is 2. The van der Waals surface area contributed by atoms with Crippen LogP contribution in [-0.4, -0.2) is 30.7 Å². The molecule has 2 heteroatoms. The van der Waals surface area contributed by atoms with Crippen LogP contribution in [0.3, 0.4) is 0 Å². The van der Waals surface area contributed by atoms with Crippen LogP contribution in [0.2, 0.25) is 0 Å². The number of benzene rings is 1. The van der Waals surface area contributed by atoms with Crippen molar-refractivity contribution >= 4 is 6.21 Å². The van der Waals surface area contributed by atoms with Crippen LogP contribution in [0.5, 0.6) is 0 Å². The molecule has 2 nitrogen and oxygen atoms in total. The standard InChI is InChI=1S/C16H20N2/c1-2-18-12-9-13-5-3-4-6-15(13)16(18)14-7-10-17-11-8-14/h3-7,10,16H,2,8-9,11-12H2,1H3. The zero-order valence-corrected chi connectivity index (χ0v) is 11.0.